The zero-order valence-electron chi connectivity index (χ0n) is 11.3. The maximum Gasteiger partial charge on any atom is 0.319 e. The fourth-order valence-corrected chi connectivity index (χ4v) is 1.87. The number of nitrogens with zero attached hydrogens (tertiary/aromatic N) is 1. The van der Waals surface area contributed by atoms with E-state index < -0.39 is 6.03 Å². The van der Waals surface area contributed by atoms with Crippen molar-refractivity contribution in [3.8, 4) is 6.07 Å². The predicted octanol–water partition coefficient (Wildman–Crippen LogP) is 3.06. The summed E-state index contributed by atoms with van der Waals surface area (Å²) < 4.78 is 13.4. The quantitative estimate of drug-likeness (QED) is 0.905. The van der Waals surface area contributed by atoms with Crippen LogP contribution >= 0.6 is 0 Å². The molecule has 0 aromatic heterocycles. The van der Waals surface area contributed by atoms with Crippen LogP contribution in [0.1, 0.15) is 11.1 Å². The molecule has 0 unspecified atom stereocenters. The van der Waals surface area contributed by atoms with Gasteiger partial charge in [0, 0.05) is 6.54 Å². The molecule has 0 saturated carbocycles. The lowest BCUT2D eigenvalue weighted by molar-refractivity contribution is 0.252. The molecule has 2 N–H and O–H groups in total. The van der Waals surface area contributed by atoms with Crippen molar-refractivity contribution in [2.24, 2.45) is 0 Å². The fraction of sp³-hybridized carbons (Fsp3) is 0.125. The summed E-state index contributed by atoms with van der Waals surface area (Å²) in [5.41, 5.74) is 1.39. The number of carbonyl (C=O) groups excluding carboxylic acids is 1. The number of hydrogen-bond donors (Lipinski definition) is 2. The number of carbonyl (C=O) groups is 1. The van der Waals surface area contributed by atoms with Crippen molar-refractivity contribution in [1.29, 1.82) is 5.26 Å². The first kappa shape index (κ1) is 14.5. The van der Waals surface area contributed by atoms with Crippen molar-refractivity contribution >= 4 is 11.7 Å². The Bertz CT molecular complexity index is 679. The lowest BCUT2D eigenvalue weighted by Crippen LogP contribution is -2.30. The number of rotatable bonds is 4. The van der Waals surface area contributed by atoms with E-state index in [1.165, 1.54) is 6.07 Å². The minimum Gasteiger partial charge on any atom is -0.338 e. The van der Waals surface area contributed by atoms with Crippen LogP contribution in [0, 0.1) is 17.1 Å². The van der Waals surface area contributed by atoms with Crippen LogP contribution in [0.5, 0.6) is 0 Å². The molecular weight excluding hydrogens is 269 g/mol. The second kappa shape index (κ2) is 7.06. The molecule has 106 valence electrons. The van der Waals surface area contributed by atoms with E-state index >= 15 is 0 Å². The van der Waals surface area contributed by atoms with Crippen molar-refractivity contribution in [2.45, 2.75) is 6.42 Å². The normalized spacial score (nSPS) is 9.71. The van der Waals surface area contributed by atoms with Gasteiger partial charge in [0.25, 0.3) is 0 Å². The lowest BCUT2D eigenvalue weighted by Gasteiger charge is -2.09. The summed E-state index contributed by atoms with van der Waals surface area (Å²) >= 11 is 0. The van der Waals surface area contributed by atoms with E-state index in [-0.39, 0.29) is 5.82 Å². The maximum atomic E-state index is 13.4. The number of para-hydroxylation sites is 1. The van der Waals surface area contributed by atoms with Gasteiger partial charge in [-0.05, 0) is 30.2 Å². The Hall–Kier alpha value is -2.87. The topological polar surface area (TPSA) is 64.9 Å². The van der Waals surface area contributed by atoms with E-state index in [9.17, 15) is 9.18 Å². The van der Waals surface area contributed by atoms with Gasteiger partial charge in [0.15, 0.2) is 0 Å². The van der Waals surface area contributed by atoms with Crippen molar-refractivity contribution in [3.05, 3.63) is 65.5 Å². The SMILES string of the molecule is N#Cc1ccccc1NC(=O)NCCc1ccccc1F. The summed E-state index contributed by atoms with van der Waals surface area (Å²) in [7, 11) is 0. The van der Waals surface area contributed by atoms with E-state index in [1.54, 1.807) is 42.5 Å². The number of urea groups is 1. The number of halogens is 1. The van der Waals surface area contributed by atoms with Crippen molar-refractivity contribution in [3.63, 3.8) is 0 Å². The molecule has 2 aromatic carbocycles. The maximum absolute atomic E-state index is 13.4. The van der Waals surface area contributed by atoms with Gasteiger partial charge in [-0.15, -0.1) is 0 Å². The van der Waals surface area contributed by atoms with Crippen molar-refractivity contribution < 1.29 is 9.18 Å². The molecule has 2 amide bonds. The van der Waals surface area contributed by atoms with Gasteiger partial charge in [0.2, 0.25) is 0 Å². The Kier molecular flexibility index (Phi) is 4.89. The molecule has 2 rings (SSSR count). The molecule has 0 radical (unpaired) electrons. The number of anilines is 1. The highest BCUT2D eigenvalue weighted by atomic mass is 19.1. The van der Waals surface area contributed by atoms with E-state index in [1.807, 2.05) is 6.07 Å². The molecule has 0 aliphatic heterocycles. The monoisotopic (exact) mass is 283 g/mol. The Labute approximate surface area is 122 Å². The van der Waals surface area contributed by atoms with Crippen molar-refractivity contribution in [1.82, 2.24) is 5.32 Å². The van der Waals surface area contributed by atoms with E-state index in [2.05, 4.69) is 10.6 Å². The number of nitriles is 1. The average Bonchev–Trinajstić information content (AvgIpc) is 2.50. The van der Waals surface area contributed by atoms with Crippen LogP contribution in [0.25, 0.3) is 0 Å². The second-order valence-electron chi connectivity index (χ2n) is 4.38. The highest BCUT2D eigenvalue weighted by Crippen LogP contribution is 2.13. The summed E-state index contributed by atoms with van der Waals surface area (Å²) in [6.45, 7) is 0.307. The minimum absolute atomic E-state index is 0.283. The molecule has 2 aromatic rings. The molecule has 5 heteroatoms. The second-order valence-corrected chi connectivity index (χ2v) is 4.38. The van der Waals surface area contributed by atoms with Crippen LogP contribution in [0.4, 0.5) is 14.9 Å². The Balaban J connectivity index is 1.86. The van der Waals surface area contributed by atoms with E-state index in [4.69, 9.17) is 5.26 Å². The van der Waals surface area contributed by atoms with Crippen molar-refractivity contribution in [2.75, 3.05) is 11.9 Å². The van der Waals surface area contributed by atoms with Gasteiger partial charge in [-0.2, -0.15) is 5.26 Å². The lowest BCUT2D eigenvalue weighted by atomic mass is 10.1. The summed E-state index contributed by atoms with van der Waals surface area (Å²) in [4.78, 5) is 11.7. The van der Waals surface area contributed by atoms with Crippen LogP contribution in [0.2, 0.25) is 0 Å². The molecule has 0 fully saturated rings. The highest BCUT2D eigenvalue weighted by molar-refractivity contribution is 5.90. The zero-order valence-corrected chi connectivity index (χ0v) is 11.3. The Morgan fingerprint density at radius 1 is 1.14 bits per heavy atom. The molecule has 0 heterocycles. The van der Waals surface area contributed by atoms with Gasteiger partial charge < -0.3 is 10.6 Å². The standard InChI is InChI=1S/C16H14FN3O/c17-14-7-3-1-5-12(14)9-10-19-16(21)20-15-8-4-2-6-13(15)11-18/h1-8H,9-10H2,(H2,19,20,21). The zero-order chi connectivity index (χ0) is 15.1. The molecule has 0 atom stereocenters. The predicted molar refractivity (Wildman–Crippen MR) is 78.3 cm³/mol. The third-order valence-corrected chi connectivity index (χ3v) is 2.93. The largest absolute Gasteiger partial charge is 0.338 e. The summed E-state index contributed by atoms with van der Waals surface area (Å²) in [5, 5.41) is 14.2. The first-order chi connectivity index (χ1) is 10.2. The summed E-state index contributed by atoms with van der Waals surface area (Å²) in [6.07, 6.45) is 0.403. The number of benzene rings is 2. The number of hydrogen-bond acceptors (Lipinski definition) is 2. The first-order valence-corrected chi connectivity index (χ1v) is 6.48. The third kappa shape index (κ3) is 4.05. The molecule has 4 nitrogen and oxygen atoms in total. The first-order valence-electron chi connectivity index (χ1n) is 6.48. The molecular formula is C16H14FN3O. The van der Waals surface area contributed by atoms with E-state index in [0.29, 0.717) is 29.8 Å². The number of nitrogens with one attached hydrogen (secondary N) is 2. The van der Waals surface area contributed by atoms with Crippen LogP contribution in [-0.2, 0) is 6.42 Å². The molecule has 0 saturated heterocycles. The van der Waals surface area contributed by atoms with Gasteiger partial charge in [0.05, 0.1) is 11.3 Å². The fourth-order valence-electron chi connectivity index (χ4n) is 1.87. The molecule has 0 bridgehead atoms. The Morgan fingerprint density at radius 3 is 2.62 bits per heavy atom. The third-order valence-electron chi connectivity index (χ3n) is 2.93. The van der Waals surface area contributed by atoms with Gasteiger partial charge >= 0.3 is 6.03 Å². The number of amides is 2. The molecule has 21 heavy (non-hydrogen) atoms. The minimum atomic E-state index is -0.422. The average molecular weight is 283 g/mol. The van der Waals surface area contributed by atoms with Crippen LogP contribution in [0.3, 0.4) is 0 Å². The van der Waals surface area contributed by atoms with Gasteiger partial charge in [-0.1, -0.05) is 30.3 Å². The van der Waals surface area contributed by atoms with Gasteiger partial charge in [0.1, 0.15) is 11.9 Å². The van der Waals surface area contributed by atoms with Gasteiger partial charge in [-0.25, -0.2) is 9.18 Å². The van der Waals surface area contributed by atoms with Gasteiger partial charge in [-0.3, -0.25) is 0 Å². The molecule has 0 aliphatic rings. The van der Waals surface area contributed by atoms with Crippen LogP contribution in [0.15, 0.2) is 48.5 Å². The van der Waals surface area contributed by atoms with Crippen LogP contribution in [-0.4, -0.2) is 12.6 Å². The van der Waals surface area contributed by atoms with E-state index in [0.717, 1.165) is 0 Å². The summed E-state index contributed by atoms with van der Waals surface area (Å²) in [5.74, 6) is -0.283. The Morgan fingerprint density at radius 2 is 1.86 bits per heavy atom. The van der Waals surface area contributed by atoms with Crippen LogP contribution < -0.4 is 10.6 Å². The summed E-state index contributed by atoms with van der Waals surface area (Å²) in [6, 6.07) is 14.7. The smallest absolute Gasteiger partial charge is 0.319 e. The molecule has 0 spiro atoms. The highest BCUT2D eigenvalue weighted by Gasteiger charge is 2.06. The molecule has 0 aliphatic carbocycles.